The standard InChI is InChI=1S/C23H26N2O5/c1-15(2)30-19-12-8-7-11-18(19)21-20(16(3)24-23(27)25-21)22(26)29-14-13-28-17-9-5-4-6-10-17/h4-12,15,21H,13-14H2,1-3H3,(H2,24,25,27). The van der Waals surface area contributed by atoms with Crippen molar-refractivity contribution in [3.8, 4) is 11.5 Å². The SMILES string of the molecule is CC1=C(C(=O)OCCOc2ccccc2)C(c2ccccc2OC(C)C)NC(=O)N1. The number of amides is 2. The van der Waals surface area contributed by atoms with Gasteiger partial charge in [0.1, 0.15) is 24.7 Å². The smallest absolute Gasteiger partial charge is 0.338 e. The lowest BCUT2D eigenvalue weighted by Gasteiger charge is -2.29. The van der Waals surface area contributed by atoms with Crippen LogP contribution >= 0.6 is 0 Å². The third kappa shape index (κ3) is 5.31. The Bertz CT molecular complexity index is 924. The quantitative estimate of drug-likeness (QED) is 0.512. The lowest BCUT2D eigenvalue weighted by atomic mass is 9.95. The van der Waals surface area contributed by atoms with Crippen LogP contribution in [0.4, 0.5) is 4.79 Å². The lowest BCUT2D eigenvalue weighted by Crippen LogP contribution is -2.45. The molecule has 1 unspecified atom stereocenters. The van der Waals surface area contributed by atoms with Gasteiger partial charge in [-0.2, -0.15) is 0 Å². The van der Waals surface area contributed by atoms with E-state index in [2.05, 4.69) is 10.6 Å². The van der Waals surface area contributed by atoms with Gasteiger partial charge in [-0.3, -0.25) is 0 Å². The van der Waals surface area contributed by atoms with Crippen molar-refractivity contribution in [3.63, 3.8) is 0 Å². The predicted octanol–water partition coefficient (Wildman–Crippen LogP) is 3.72. The zero-order valence-corrected chi connectivity index (χ0v) is 17.3. The molecule has 7 nitrogen and oxygen atoms in total. The van der Waals surface area contributed by atoms with E-state index in [-0.39, 0.29) is 25.3 Å². The molecule has 2 N–H and O–H groups in total. The van der Waals surface area contributed by atoms with Crippen LogP contribution in [0.5, 0.6) is 11.5 Å². The van der Waals surface area contributed by atoms with Crippen molar-refractivity contribution < 1.29 is 23.8 Å². The minimum Gasteiger partial charge on any atom is -0.491 e. The van der Waals surface area contributed by atoms with E-state index in [0.717, 1.165) is 0 Å². The fraction of sp³-hybridized carbons (Fsp3) is 0.304. The molecule has 0 fully saturated rings. The zero-order chi connectivity index (χ0) is 21.5. The molecule has 2 amide bonds. The lowest BCUT2D eigenvalue weighted by molar-refractivity contribution is -0.140. The first-order valence-corrected chi connectivity index (χ1v) is 9.84. The van der Waals surface area contributed by atoms with Crippen LogP contribution in [0.25, 0.3) is 0 Å². The molecule has 1 aliphatic rings. The van der Waals surface area contributed by atoms with Crippen molar-refractivity contribution >= 4 is 12.0 Å². The van der Waals surface area contributed by atoms with E-state index in [4.69, 9.17) is 14.2 Å². The number of urea groups is 1. The summed E-state index contributed by atoms with van der Waals surface area (Å²) in [6.45, 7) is 5.81. The van der Waals surface area contributed by atoms with Crippen LogP contribution in [-0.4, -0.2) is 31.3 Å². The van der Waals surface area contributed by atoms with Gasteiger partial charge >= 0.3 is 12.0 Å². The molecule has 1 atom stereocenters. The molecule has 0 saturated heterocycles. The van der Waals surface area contributed by atoms with Gasteiger partial charge < -0.3 is 24.8 Å². The Balaban J connectivity index is 1.74. The maximum absolute atomic E-state index is 12.9. The number of allylic oxidation sites excluding steroid dienone is 1. The monoisotopic (exact) mass is 410 g/mol. The zero-order valence-electron chi connectivity index (χ0n) is 17.3. The van der Waals surface area contributed by atoms with E-state index in [1.54, 1.807) is 6.92 Å². The molecule has 30 heavy (non-hydrogen) atoms. The van der Waals surface area contributed by atoms with Gasteiger partial charge in [-0.1, -0.05) is 36.4 Å². The Morgan fingerprint density at radius 1 is 1.03 bits per heavy atom. The highest BCUT2D eigenvalue weighted by Gasteiger charge is 2.34. The molecule has 0 aromatic heterocycles. The second-order valence-electron chi connectivity index (χ2n) is 7.07. The molecule has 0 bridgehead atoms. The van der Waals surface area contributed by atoms with Crippen LogP contribution < -0.4 is 20.1 Å². The summed E-state index contributed by atoms with van der Waals surface area (Å²) in [7, 11) is 0. The van der Waals surface area contributed by atoms with Crippen molar-refractivity contribution in [2.24, 2.45) is 0 Å². The van der Waals surface area contributed by atoms with Crippen LogP contribution in [-0.2, 0) is 9.53 Å². The second kappa shape index (κ2) is 9.82. The molecule has 0 spiro atoms. The van der Waals surface area contributed by atoms with Crippen LogP contribution in [0.2, 0.25) is 0 Å². The Labute approximate surface area is 176 Å². The maximum Gasteiger partial charge on any atom is 0.338 e. The summed E-state index contributed by atoms with van der Waals surface area (Å²) in [4.78, 5) is 25.0. The van der Waals surface area contributed by atoms with Crippen molar-refractivity contribution in [3.05, 3.63) is 71.4 Å². The second-order valence-corrected chi connectivity index (χ2v) is 7.07. The average molecular weight is 410 g/mol. The van der Waals surface area contributed by atoms with E-state index in [0.29, 0.717) is 28.3 Å². The maximum atomic E-state index is 12.9. The first kappa shape index (κ1) is 21.2. The topological polar surface area (TPSA) is 85.9 Å². The fourth-order valence-electron chi connectivity index (χ4n) is 3.17. The summed E-state index contributed by atoms with van der Waals surface area (Å²) in [6.07, 6.45) is -0.0563. The van der Waals surface area contributed by atoms with Crippen LogP contribution in [0, 0.1) is 0 Å². The van der Waals surface area contributed by atoms with Crippen molar-refractivity contribution in [1.29, 1.82) is 0 Å². The molecule has 2 aromatic rings. The highest BCUT2D eigenvalue weighted by molar-refractivity contribution is 5.95. The highest BCUT2D eigenvalue weighted by atomic mass is 16.6. The summed E-state index contributed by atoms with van der Waals surface area (Å²) in [6, 6.07) is 15.5. The molecule has 1 aliphatic heterocycles. The number of ether oxygens (including phenoxy) is 3. The average Bonchev–Trinajstić information content (AvgIpc) is 2.71. The van der Waals surface area contributed by atoms with Gasteiger partial charge in [-0.15, -0.1) is 0 Å². The summed E-state index contributed by atoms with van der Waals surface area (Å²) in [5.74, 6) is 0.777. The molecular weight excluding hydrogens is 384 g/mol. The Morgan fingerprint density at radius 2 is 1.73 bits per heavy atom. The van der Waals surface area contributed by atoms with Gasteiger partial charge in [-0.05, 0) is 39.0 Å². The number of carbonyl (C=O) groups is 2. The molecule has 1 heterocycles. The number of para-hydroxylation sites is 2. The van der Waals surface area contributed by atoms with E-state index < -0.39 is 12.0 Å². The largest absolute Gasteiger partial charge is 0.491 e. The molecule has 0 aliphatic carbocycles. The molecule has 2 aromatic carbocycles. The molecule has 158 valence electrons. The Morgan fingerprint density at radius 3 is 2.47 bits per heavy atom. The first-order chi connectivity index (χ1) is 14.5. The van der Waals surface area contributed by atoms with Gasteiger partial charge in [0.2, 0.25) is 0 Å². The third-order valence-electron chi connectivity index (χ3n) is 4.41. The molecule has 7 heteroatoms. The van der Waals surface area contributed by atoms with E-state index in [1.165, 1.54) is 0 Å². The van der Waals surface area contributed by atoms with E-state index in [1.807, 2.05) is 68.4 Å². The van der Waals surface area contributed by atoms with Crippen molar-refractivity contribution in [2.45, 2.75) is 32.9 Å². The third-order valence-corrected chi connectivity index (χ3v) is 4.41. The van der Waals surface area contributed by atoms with Crippen molar-refractivity contribution in [1.82, 2.24) is 10.6 Å². The number of esters is 1. The normalized spacial score (nSPS) is 16.0. The minimum atomic E-state index is -0.684. The van der Waals surface area contributed by atoms with E-state index in [9.17, 15) is 9.59 Å². The molecule has 0 radical (unpaired) electrons. The molecular formula is C23H26N2O5. The van der Waals surface area contributed by atoms with Gasteiger partial charge in [0, 0.05) is 11.3 Å². The van der Waals surface area contributed by atoms with Crippen LogP contribution in [0.3, 0.4) is 0 Å². The number of rotatable bonds is 8. The minimum absolute atomic E-state index is 0.0563. The number of carbonyl (C=O) groups excluding carboxylic acids is 2. The van der Waals surface area contributed by atoms with Gasteiger partial charge in [0.25, 0.3) is 0 Å². The summed E-state index contributed by atoms with van der Waals surface area (Å²) >= 11 is 0. The van der Waals surface area contributed by atoms with Gasteiger partial charge in [0.05, 0.1) is 17.7 Å². The van der Waals surface area contributed by atoms with Crippen LogP contribution in [0.15, 0.2) is 65.9 Å². The van der Waals surface area contributed by atoms with Crippen LogP contribution in [0.1, 0.15) is 32.4 Å². The Kier molecular flexibility index (Phi) is 6.95. The molecule has 3 rings (SSSR count). The van der Waals surface area contributed by atoms with Gasteiger partial charge in [0.15, 0.2) is 0 Å². The highest BCUT2D eigenvalue weighted by Crippen LogP contribution is 2.34. The fourth-order valence-corrected chi connectivity index (χ4v) is 3.17. The summed E-state index contributed by atoms with van der Waals surface area (Å²) in [5.41, 5.74) is 1.46. The van der Waals surface area contributed by atoms with E-state index >= 15 is 0 Å². The predicted molar refractivity (Wildman–Crippen MR) is 112 cm³/mol. The number of hydrogen-bond acceptors (Lipinski definition) is 5. The summed E-state index contributed by atoms with van der Waals surface area (Å²) in [5, 5.41) is 5.45. The summed E-state index contributed by atoms with van der Waals surface area (Å²) < 4.78 is 16.9. The first-order valence-electron chi connectivity index (χ1n) is 9.84. The molecule has 0 saturated carbocycles. The van der Waals surface area contributed by atoms with Gasteiger partial charge in [-0.25, -0.2) is 9.59 Å². The van der Waals surface area contributed by atoms with Crippen molar-refractivity contribution in [2.75, 3.05) is 13.2 Å². The number of nitrogens with one attached hydrogen (secondary N) is 2. The number of hydrogen-bond donors (Lipinski definition) is 2. The number of benzene rings is 2. The Hall–Kier alpha value is -3.48.